The van der Waals surface area contributed by atoms with Gasteiger partial charge in [-0.25, -0.2) is 4.79 Å². The number of H-pyrrole nitrogens is 1. The number of aliphatic hydroxyl groups excluding tert-OH is 1. The summed E-state index contributed by atoms with van der Waals surface area (Å²) in [5, 5.41) is 14.2. The molecule has 0 aliphatic carbocycles. The molecular weight excluding hydrogens is 967 g/mol. The molecule has 3 aromatic carbocycles. The van der Waals surface area contributed by atoms with Gasteiger partial charge in [-0.15, -0.1) is 0 Å². The zero-order valence-electron chi connectivity index (χ0n) is 43.9. The van der Waals surface area contributed by atoms with Gasteiger partial charge in [-0.1, -0.05) is 87.7 Å². The van der Waals surface area contributed by atoms with E-state index in [1.165, 1.54) is 36.8 Å². The van der Waals surface area contributed by atoms with E-state index in [0.29, 0.717) is 50.3 Å². The van der Waals surface area contributed by atoms with Crippen molar-refractivity contribution in [2.45, 2.75) is 134 Å². The monoisotopic (exact) mass is 1040 g/mol. The highest BCUT2D eigenvalue weighted by Crippen LogP contribution is 2.43. The average Bonchev–Trinajstić information content (AvgIpc) is 3.78. The lowest BCUT2D eigenvalue weighted by molar-refractivity contribution is -0.273. The maximum atomic E-state index is 13.1. The number of amides is 1. The molecule has 3 N–H and O–H groups in total. The van der Waals surface area contributed by atoms with Gasteiger partial charge < -0.3 is 48.3 Å². The predicted molar refractivity (Wildman–Crippen MR) is 278 cm³/mol. The van der Waals surface area contributed by atoms with Crippen LogP contribution in [0.2, 0.25) is 0 Å². The fourth-order valence-electron chi connectivity index (χ4n) is 9.47. The van der Waals surface area contributed by atoms with Gasteiger partial charge in [-0.3, -0.25) is 33.5 Å². The van der Waals surface area contributed by atoms with Crippen LogP contribution in [0.1, 0.15) is 120 Å². The minimum atomic E-state index is -1.17. The number of aromatic nitrogens is 2. The van der Waals surface area contributed by atoms with E-state index in [1.54, 1.807) is 14.2 Å². The lowest BCUT2D eigenvalue weighted by atomic mass is 9.80. The quantitative estimate of drug-likeness (QED) is 0.0227. The minimum absolute atomic E-state index is 0.0309. The Balaban J connectivity index is 0.914. The van der Waals surface area contributed by atoms with E-state index < -0.39 is 71.6 Å². The molecule has 406 valence electrons. The van der Waals surface area contributed by atoms with E-state index in [-0.39, 0.29) is 42.8 Å². The van der Waals surface area contributed by atoms with E-state index in [4.69, 9.17) is 37.9 Å². The number of aliphatic hydroxyl groups is 1. The van der Waals surface area contributed by atoms with Gasteiger partial charge in [0.15, 0.2) is 6.29 Å². The molecule has 8 atom stereocenters. The Bertz CT molecular complexity index is 2570. The summed E-state index contributed by atoms with van der Waals surface area (Å²) in [6.45, 7) is 7.23. The molecule has 0 spiro atoms. The van der Waals surface area contributed by atoms with Crippen LogP contribution in [0.25, 0.3) is 6.08 Å². The average molecular weight is 1040 g/mol. The number of hydrogen-bond acceptors (Lipinski definition) is 15. The molecular formula is C57H73N3O15. The Hall–Kier alpha value is -6.44. The van der Waals surface area contributed by atoms with Crippen molar-refractivity contribution in [3.8, 4) is 11.5 Å². The van der Waals surface area contributed by atoms with E-state index >= 15 is 0 Å². The molecule has 18 nitrogen and oxygen atoms in total. The Kier molecular flexibility index (Phi) is 21.9. The van der Waals surface area contributed by atoms with Gasteiger partial charge in [0.25, 0.3) is 5.56 Å². The summed E-state index contributed by atoms with van der Waals surface area (Å²) in [5.41, 5.74) is -0.132. The number of carbonyl (C=O) groups excluding carboxylic acids is 4. The Labute approximate surface area is 438 Å². The molecule has 2 aliphatic heterocycles. The number of hydrogen-bond donors (Lipinski definition) is 3. The SMILES string of the molecule is COc1ccc(C(OC[C@H]2O[C@@H](n3cc(/C=C/C(=O)NCCCCCCCC(=O)CCCCOC4OC(COC(C)=O)C(OC(C)=O)C(C)C4C)c(=O)[nH]c3=O)C[C@H]2O)(c2ccccc2)c2ccc(OC)cc2)cc1. The Morgan fingerprint density at radius 1 is 0.760 bits per heavy atom. The zero-order valence-corrected chi connectivity index (χ0v) is 43.9. The van der Waals surface area contributed by atoms with Crippen molar-refractivity contribution in [2.24, 2.45) is 11.8 Å². The third-order valence-corrected chi connectivity index (χ3v) is 13.8. The number of methoxy groups -OCH3 is 2. The third kappa shape index (κ3) is 16.0. The Morgan fingerprint density at radius 3 is 2.00 bits per heavy atom. The first kappa shape index (κ1) is 57.8. The van der Waals surface area contributed by atoms with Gasteiger partial charge in [-0.2, -0.15) is 0 Å². The fourth-order valence-corrected chi connectivity index (χ4v) is 9.47. The van der Waals surface area contributed by atoms with Crippen LogP contribution in [0.15, 0.2) is 101 Å². The van der Waals surface area contributed by atoms with E-state index in [9.17, 15) is 33.9 Å². The van der Waals surface area contributed by atoms with E-state index in [2.05, 4.69) is 10.3 Å². The number of aromatic amines is 1. The predicted octanol–water partition coefficient (Wildman–Crippen LogP) is 6.93. The molecule has 2 aliphatic rings. The third-order valence-electron chi connectivity index (χ3n) is 13.8. The summed E-state index contributed by atoms with van der Waals surface area (Å²) in [6, 6.07) is 24.8. The van der Waals surface area contributed by atoms with Crippen molar-refractivity contribution in [1.29, 1.82) is 0 Å². The lowest BCUT2D eigenvalue weighted by Crippen LogP contribution is -2.53. The smallest absolute Gasteiger partial charge is 0.330 e. The molecule has 6 rings (SSSR count). The topological polar surface area (TPSA) is 229 Å². The van der Waals surface area contributed by atoms with Crippen LogP contribution in [-0.4, -0.2) is 110 Å². The molecule has 0 bridgehead atoms. The van der Waals surface area contributed by atoms with Crippen molar-refractivity contribution >= 4 is 29.7 Å². The van der Waals surface area contributed by atoms with Crippen molar-refractivity contribution < 1.29 is 62.2 Å². The highest BCUT2D eigenvalue weighted by atomic mass is 16.7. The van der Waals surface area contributed by atoms with Gasteiger partial charge in [0.05, 0.1) is 32.5 Å². The summed E-state index contributed by atoms with van der Waals surface area (Å²) in [7, 11) is 3.19. The van der Waals surface area contributed by atoms with Gasteiger partial charge in [0.1, 0.15) is 54.0 Å². The van der Waals surface area contributed by atoms with Crippen LogP contribution in [0, 0.1) is 11.8 Å². The highest BCUT2D eigenvalue weighted by molar-refractivity contribution is 5.91. The maximum absolute atomic E-state index is 13.1. The standard InChI is InChI=1S/C57H73N3O15/c1-37-38(2)55(75-50(35-71-39(3)61)53(37)73-40(4)62)70-32-16-14-20-45(63)19-13-8-7-9-15-31-58-51(65)30-21-41-34-60(56(67)59-54(41)66)52-33-48(64)49(74-52)36-72-57(42-17-11-10-12-18-42,43-22-26-46(68-5)27-23-43)44-24-28-47(69-6)29-25-44/h10-12,17-18,21-30,34,37-38,48-50,52-53,55,64H,7-9,13-16,19-20,31-33,35-36H2,1-6H3,(H,58,65)(H,59,66,67)/b30-21+/t37?,38?,48-,49-,50?,52-,53?,55?/m1/s1. The lowest BCUT2D eigenvalue weighted by Gasteiger charge is -2.43. The van der Waals surface area contributed by atoms with Gasteiger partial charge in [0, 0.05) is 70.4 Å². The number of ether oxygens (including phenoxy) is 8. The van der Waals surface area contributed by atoms with Crippen molar-refractivity contribution in [1.82, 2.24) is 14.9 Å². The molecule has 4 aromatic rings. The number of unbranched alkanes of at least 4 members (excludes halogenated alkanes) is 5. The molecule has 1 amide bonds. The molecule has 75 heavy (non-hydrogen) atoms. The molecule has 0 radical (unpaired) electrons. The van der Waals surface area contributed by atoms with E-state index in [1.807, 2.05) is 92.7 Å². The number of carbonyl (C=O) groups is 4. The first-order valence-corrected chi connectivity index (χ1v) is 25.9. The number of benzene rings is 3. The van der Waals surface area contributed by atoms with Crippen LogP contribution in [0.4, 0.5) is 0 Å². The van der Waals surface area contributed by atoms with E-state index in [0.717, 1.165) is 48.8 Å². The van der Waals surface area contributed by atoms with Crippen LogP contribution in [0.3, 0.4) is 0 Å². The van der Waals surface area contributed by atoms with Crippen molar-refractivity contribution in [3.05, 3.63) is 134 Å². The molecule has 5 unspecified atom stereocenters. The number of Topliss-reactive ketones (excluding diaryl/α,β-unsaturated/α-hetero) is 1. The molecule has 2 fully saturated rings. The largest absolute Gasteiger partial charge is 0.497 e. The first-order valence-electron chi connectivity index (χ1n) is 25.9. The number of nitrogens with zero attached hydrogens (tertiary/aromatic N) is 1. The second-order valence-corrected chi connectivity index (χ2v) is 19.1. The van der Waals surface area contributed by atoms with Gasteiger partial charge in [-0.05, 0) is 72.7 Å². The van der Waals surface area contributed by atoms with Crippen LogP contribution in [0.5, 0.6) is 11.5 Å². The Morgan fingerprint density at radius 2 is 1.37 bits per heavy atom. The first-order chi connectivity index (χ1) is 36.1. The number of esters is 2. The fraction of sp³-hybridized carbons (Fsp3) is 0.509. The zero-order chi connectivity index (χ0) is 53.9. The second kappa shape index (κ2) is 28.5. The summed E-state index contributed by atoms with van der Waals surface area (Å²) in [6.07, 6.45) is 5.75. The number of nitrogens with one attached hydrogen (secondary N) is 2. The summed E-state index contributed by atoms with van der Waals surface area (Å²) in [4.78, 5) is 76.8. The summed E-state index contributed by atoms with van der Waals surface area (Å²) in [5.74, 6) is 0.0561. The van der Waals surface area contributed by atoms with Crippen molar-refractivity contribution in [3.63, 3.8) is 0 Å². The van der Waals surface area contributed by atoms with Crippen LogP contribution >= 0.6 is 0 Å². The normalized spacial score (nSPS) is 21.6. The number of rotatable bonds is 28. The van der Waals surface area contributed by atoms with Gasteiger partial charge in [0.2, 0.25) is 5.91 Å². The molecule has 18 heteroatoms. The van der Waals surface area contributed by atoms with Crippen LogP contribution in [-0.2, 0) is 53.2 Å². The molecule has 2 saturated heterocycles. The van der Waals surface area contributed by atoms with Gasteiger partial charge >= 0.3 is 17.6 Å². The second-order valence-electron chi connectivity index (χ2n) is 19.1. The van der Waals surface area contributed by atoms with Crippen molar-refractivity contribution in [2.75, 3.05) is 40.6 Å². The maximum Gasteiger partial charge on any atom is 0.330 e. The molecule has 0 saturated carbocycles. The van der Waals surface area contributed by atoms with Crippen LogP contribution < -0.4 is 26.0 Å². The summed E-state index contributed by atoms with van der Waals surface area (Å²) >= 11 is 0. The molecule has 3 heterocycles. The number of ketones is 1. The minimum Gasteiger partial charge on any atom is -0.497 e. The molecule has 1 aromatic heterocycles. The summed E-state index contributed by atoms with van der Waals surface area (Å²) < 4.78 is 48.1. The highest BCUT2D eigenvalue weighted by Gasteiger charge is 2.45.